The highest BCUT2D eigenvalue weighted by Crippen LogP contribution is 2.29. The molecule has 0 saturated carbocycles. The van der Waals surface area contributed by atoms with E-state index in [0.29, 0.717) is 11.4 Å². The van der Waals surface area contributed by atoms with Crippen LogP contribution in [0.3, 0.4) is 0 Å². The summed E-state index contributed by atoms with van der Waals surface area (Å²) in [6.45, 7) is 1.48. The molecule has 1 aromatic heterocycles. The number of nitrogens with zero attached hydrogens (tertiary/aromatic N) is 3. The molecule has 0 bridgehead atoms. The minimum absolute atomic E-state index is 0.0735. The molecule has 6 heteroatoms. The van der Waals surface area contributed by atoms with Crippen molar-refractivity contribution in [3.63, 3.8) is 0 Å². The number of carboxylic acids is 1. The highest BCUT2D eigenvalue weighted by Gasteiger charge is 2.22. The lowest BCUT2D eigenvalue weighted by Crippen LogP contribution is -2.20. The number of benzene rings is 1. The van der Waals surface area contributed by atoms with E-state index in [1.54, 1.807) is 0 Å². The van der Waals surface area contributed by atoms with Crippen molar-refractivity contribution < 1.29 is 9.90 Å². The Morgan fingerprint density at radius 3 is 3.11 bits per heavy atom. The van der Waals surface area contributed by atoms with E-state index in [2.05, 4.69) is 26.6 Å². The van der Waals surface area contributed by atoms with Crippen molar-refractivity contribution in [2.24, 2.45) is 0 Å². The third-order valence-electron chi connectivity index (χ3n) is 3.08. The van der Waals surface area contributed by atoms with Gasteiger partial charge in [0.05, 0.1) is 11.4 Å². The molecule has 3 rings (SSSR count). The third-order valence-corrected chi connectivity index (χ3v) is 3.78. The lowest BCUT2D eigenvalue weighted by molar-refractivity contribution is 0.0689. The number of hydrogen-bond acceptors (Lipinski definition) is 5. The van der Waals surface area contributed by atoms with Gasteiger partial charge in [-0.05, 0) is 29.6 Å². The van der Waals surface area contributed by atoms with Gasteiger partial charge in [0, 0.05) is 12.2 Å². The van der Waals surface area contributed by atoms with Crippen LogP contribution in [0.1, 0.15) is 20.9 Å². The first-order chi connectivity index (χ1) is 8.75. The summed E-state index contributed by atoms with van der Waals surface area (Å²) in [6, 6.07) is 8.20. The van der Waals surface area contributed by atoms with Crippen LogP contribution in [0.25, 0.3) is 0 Å². The number of carboxylic acid groups (broad SMARTS) is 1. The van der Waals surface area contributed by atoms with E-state index >= 15 is 0 Å². The second-order valence-corrected chi connectivity index (χ2v) is 4.99. The molecule has 0 unspecified atom stereocenters. The molecular formula is C12H11N3O2S. The van der Waals surface area contributed by atoms with E-state index in [9.17, 15) is 4.79 Å². The zero-order chi connectivity index (χ0) is 12.5. The highest BCUT2D eigenvalue weighted by atomic mass is 32.1. The second kappa shape index (κ2) is 4.38. The summed E-state index contributed by atoms with van der Waals surface area (Å²) in [4.78, 5) is 13.9. The van der Waals surface area contributed by atoms with Gasteiger partial charge >= 0.3 is 5.97 Å². The molecule has 0 amide bonds. The molecule has 0 radical (unpaired) electrons. The summed E-state index contributed by atoms with van der Waals surface area (Å²) in [6.07, 6.45) is 1.00. The zero-order valence-electron chi connectivity index (χ0n) is 9.54. The predicted molar refractivity (Wildman–Crippen MR) is 68.1 cm³/mol. The molecule has 1 aliphatic heterocycles. The SMILES string of the molecule is O=C(O)c1nnsc1CN1CCc2ccccc21. The molecule has 0 fully saturated rings. The Kier molecular flexibility index (Phi) is 2.71. The first kappa shape index (κ1) is 11.2. The summed E-state index contributed by atoms with van der Waals surface area (Å²) in [7, 11) is 0. The fourth-order valence-corrected chi connectivity index (χ4v) is 2.87. The minimum atomic E-state index is -1.01. The van der Waals surface area contributed by atoms with Crippen LogP contribution in [0.5, 0.6) is 0 Å². The van der Waals surface area contributed by atoms with Gasteiger partial charge in [-0.2, -0.15) is 0 Å². The predicted octanol–water partition coefficient (Wildman–Crippen LogP) is 1.80. The number of para-hydroxylation sites is 1. The van der Waals surface area contributed by atoms with Crippen LogP contribution in [0.4, 0.5) is 5.69 Å². The van der Waals surface area contributed by atoms with E-state index < -0.39 is 5.97 Å². The number of rotatable bonds is 3. The van der Waals surface area contributed by atoms with Gasteiger partial charge in [-0.1, -0.05) is 22.7 Å². The Morgan fingerprint density at radius 2 is 2.28 bits per heavy atom. The number of hydrogen-bond donors (Lipinski definition) is 1. The van der Waals surface area contributed by atoms with Crippen molar-refractivity contribution in [2.75, 3.05) is 11.4 Å². The first-order valence-electron chi connectivity index (χ1n) is 5.63. The Labute approximate surface area is 108 Å². The van der Waals surface area contributed by atoms with Gasteiger partial charge in [0.15, 0.2) is 5.69 Å². The first-order valence-corrected chi connectivity index (χ1v) is 6.40. The molecule has 18 heavy (non-hydrogen) atoms. The van der Waals surface area contributed by atoms with E-state index in [1.807, 2.05) is 12.1 Å². The monoisotopic (exact) mass is 261 g/mol. The normalized spacial score (nSPS) is 13.7. The molecule has 1 aliphatic rings. The smallest absolute Gasteiger partial charge is 0.357 e. The molecular weight excluding hydrogens is 250 g/mol. The van der Waals surface area contributed by atoms with Crippen LogP contribution in [0.2, 0.25) is 0 Å². The van der Waals surface area contributed by atoms with Crippen LogP contribution < -0.4 is 4.90 Å². The van der Waals surface area contributed by atoms with Gasteiger partial charge in [0.1, 0.15) is 0 Å². The number of anilines is 1. The van der Waals surface area contributed by atoms with Gasteiger partial charge in [-0.25, -0.2) is 4.79 Å². The standard InChI is InChI=1S/C12H11N3O2S/c16-12(17)11-10(18-14-13-11)7-15-6-5-8-3-1-2-4-9(8)15/h1-4H,5-7H2,(H,16,17). The second-order valence-electron chi connectivity index (χ2n) is 4.15. The van der Waals surface area contributed by atoms with Gasteiger partial charge in [-0.3, -0.25) is 0 Å². The lowest BCUT2D eigenvalue weighted by atomic mass is 10.2. The summed E-state index contributed by atoms with van der Waals surface area (Å²) in [5.74, 6) is -1.01. The molecule has 0 aliphatic carbocycles. The number of aromatic carboxylic acids is 1. The van der Waals surface area contributed by atoms with E-state index in [-0.39, 0.29) is 5.69 Å². The third kappa shape index (κ3) is 1.84. The van der Waals surface area contributed by atoms with Crippen molar-refractivity contribution in [1.82, 2.24) is 9.59 Å². The average molecular weight is 261 g/mol. The van der Waals surface area contributed by atoms with Crippen LogP contribution in [0.15, 0.2) is 24.3 Å². The number of carbonyl (C=O) groups is 1. The fraction of sp³-hybridized carbons (Fsp3) is 0.250. The topological polar surface area (TPSA) is 66.3 Å². The Bertz CT molecular complexity index is 597. The van der Waals surface area contributed by atoms with E-state index in [4.69, 9.17) is 5.11 Å². The molecule has 5 nitrogen and oxygen atoms in total. The van der Waals surface area contributed by atoms with Gasteiger partial charge in [-0.15, -0.1) is 5.10 Å². The van der Waals surface area contributed by atoms with Gasteiger partial charge in [0.2, 0.25) is 0 Å². The summed E-state index contributed by atoms with van der Waals surface area (Å²) in [5.41, 5.74) is 2.57. The Hall–Kier alpha value is -1.95. The molecule has 1 N–H and O–H groups in total. The van der Waals surface area contributed by atoms with Crippen molar-refractivity contribution in [3.8, 4) is 0 Å². The molecule has 0 atom stereocenters. The van der Waals surface area contributed by atoms with Crippen LogP contribution in [-0.2, 0) is 13.0 Å². The summed E-state index contributed by atoms with van der Waals surface area (Å²) < 4.78 is 3.73. The largest absolute Gasteiger partial charge is 0.476 e. The maximum absolute atomic E-state index is 11.0. The zero-order valence-corrected chi connectivity index (χ0v) is 10.4. The number of fused-ring (bicyclic) bond motifs is 1. The Balaban J connectivity index is 1.86. The van der Waals surface area contributed by atoms with E-state index in [0.717, 1.165) is 24.5 Å². The molecule has 2 aromatic rings. The van der Waals surface area contributed by atoms with Crippen LogP contribution in [0, 0.1) is 0 Å². The summed E-state index contributed by atoms with van der Waals surface area (Å²) >= 11 is 1.16. The molecule has 92 valence electrons. The quantitative estimate of drug-likeness (QED) is 0.912. The highest BCUT2D eigenvalue weighted by molar-refractivity contribution is 7.05. The van der Waals surface area contributed by atoms with E-state index in [1.165, 1.54) is 11.3 Å². The Morgan fingerprint density at radius 1 is 1.44 bits per heavy atom. The van der Waals surface area contributed by atoms with Gasteiger partial charge < -0.3 is 10.0 Å². The van der Waals surface area contributed by atoms with Crippen molar-refractivity contribution in [3.05, 3.63) is 40.4 Å². The van der Waals surface area contributed by atoms with Crippen molar-refractivity contribution >= 4 is 23.2 Å². The maximum Gasteiger partial charge on any atom is 0.357 e. The maximum atomic E-state index is 11.0. The van der Waals surface area contributed by atoms with Crippen molar-refractivity contribution in [2.45, 2.75) is 13.0 Å². The molecule has 0 saturated heterocycles. The van der Waals surface area contributed by atoms with Crippen LogP contribution >= 0.6 is 11.5 Å². The molecule has 2 heterocycles. The minimum Gasteiger partial charge on any atom is -0.476 e. The molecule has 0 spiro atoms. The number of aromatic nitrogens is 2. The average Bonchev–Trinajstić information content (AvgIpc) is 2.97. The van der Waals surface area contributed by atoms with Crippen molar-refractivity contribution in [1.29, 1.82) is 0 Å². The fourth-order valence-electron chi connectivity index (χ4n) is 2.22. The summed E-state index contributed by atoms with van der Waals surface area (Å²) in [5, 5.41) is 12.7. The van der Waals surface area contributed by atoms with Crippen LogP contribution in [-0.4, -0.2) is 27.2 Å². The van der Waals surface area contributed by atoms with Gasteiger partial charge in [0.25, 0.3) is 0 Å². The lowest BCUT2D eigenvalue weighted by Gasteiger charge is -2.18. The molecule has 1 aromatic carbocycles.